The summed E-state index contributed by atoms with van der Waals surface area (Å²) < 4.78 is 1.12. The van der Waals surface area contributed by atoms with Crippen molar-refractivity contribution in [2.24, 2.45) is 5.92 Å². The molecule has 9 heteroatoms. The first-order chi connectivity index (χ1) is 11.6. The van der Waals surface area contributed by atoms with Gasteiger partial charge in [-0.3, -0.25) is 4.79 Å². The van der Waals surface area contributed by atoms with E-state index >= 15 is 0 Å². The second-order valence-electron chi connectivity index (χ2n) is 7.09. The van der Waals surface area contributed by atoms with Crippen molar-refractivity contribution in [3.05, 3.63) is 10.9 Å². The van der Waals surface area contributed by atoms with E-state index in [2.05, 4.69) is 10.3 Å². The highest BCUT2D eigenvalue weighted by Crippen LogP contribution is 2.34. The van der Waals surface area contributed by atoms with Crippen LogP contribution in [0.5, 0.6) is 0 Å². The highest BCUT2D eigenvalue weighted by molar-refractivity contribution is 7.29. The maximum Gasteiger partial charge on any atom is 0.264 e. The molecule has 1 saturated heterocycles. The third-order valence-corrected chi connectivity index (χ3v) is 7.16. The minimum atomic E-state index is 0. The van der Waals surface area contributed by atoms with Gasteiger partial charge in [0, 0.05) is 33.2 Å². The largest absolute Gasteiger partial charge is 0.354 e. The fourth-order valence-electron chi connectivity index (χ4n) is 3.12. The predicted molar refractivity (Wildman–Crippen MR) is 116 cm³/mol. The number of carbonyl (C=O) groups is 1. The number of thiazole rings is 1. The minimum absolute atomic E-state index is 0. The molecule has 2 fully saturated rings. The molecule has 1 N–H and O–H groups in total. The maximum absolute atomic E-state index is 12.8. The lowest BCUT2D eigenvalue weighted by Crippen LogP contribution is -2.45. The van der Waals surface area contributed by atoms with E-state index in [1.165, 1.54) is 30.7 Å². The number of hydrogen-bond donors (Lipinski definition) is 1. The summed E-state index contributed by atoms with van der Waals surface area (Å²) in [5, 5.41) is 4.67. The van der Waals surface area contributed by atoms with Gasteiger partial charge in [-0.2, -0.15) is 0 Å². The number of nitrogens with zero attached hydrogens (tertiary/aromatic N) is 3. The second-order valence-corrected chi connectivity index (χ2v) is 9.13. The Morgan fingerprint density at radius 3 is 2.50 bits per heavy atom. The molecule has 1 amide bonds. The fourth-order valence-corrected chi connectivity index (χ4v) is 5.22. The number of carbonyl (C=O) groups excluding carboxylic acids is 1. The molecule has 0 radical (unpaired) electrons. The zero-order valence-electron chi connectivity index (χ0n) is 15.1. The lowest BCUT2D eigenvalue weighted by Gasteiger charge is -2.32. The highest BCUT2D eigenvalue weighted by Gasteiger charge is 2.27. The van der Waals surface area contributed by atoms with Crippen LogP contribution in [0.1, 0.15) is 35.4 Å². The van der Waals surface area contributed by atoms with Gasteiger partial charge in [0.1, 0.15) is 4.83 Å². The van der Waals surface area contributed by atoms with Crippen LogP contribution in [0.15, 0.2) is 6.07 Å². The van der Waals surface area contributed by atoms with Gasteiger partial charge < -0.3 is 15.1 Å². The molecule has 1 saturated carbocycles. The SMILES string of the molecule is CN(C)c1nc2sc(C(=O)N3CCC(NCC4CC4)CC3)cc2s1.Cl.Cl. The summed E-state index contributed by atoms with van der Waals surface area (Å²) in [7, 11) is 3.99. The Balaban J connectivity index is 0.00000121. The maximum atomic E-state index is 12.8. The van der Waals surface area contributed by atoms with Crippen molar-refractivity contribution in [1.82, 2.24) is 15.2 Å². The monoisotopic (exact) mass is 436 g/mol. The van der Waals surface area contributed by atoms with Crippen LogP contribution < -0.4 is 10.2 Å². The van der Waals surface area contributed by atoms with Crippen molar-refractivity contribution in [3.8, 4) is 0 Å². The molecular formula is C17H26Cl2N4OS2. The van der Waals surface area contributed by atoms with Gasteiger partial charge in [-0.1, -0.05) is 11.3 Å². The summed E-state index contributed by atoms with van der Waals surface area (Å²) >= 11 is 3.18. The van der Waals surface area contributed by atoms with Crippen LogP contribution in [-0.2, 0) is 0 Å². The lowest BCUT2D eigenvalue weighted by atomic mass is 10.0. The van der Waals surface area contributed by atoms with E-state index in [0.29, 0.717) is 6.04 Å². The molecule has 4 rings (SSSR count). The summed E-state index contributed by atoms with van der Waals surface area (Å²) in [5.41, 5.74) is 0. The van der Waals surface area contributed by atoms with E-state index in [0.717, 1.165) is 51.4 Å². The summed E-state index contributed by atoms with van der Waals surface area (Å²) in [6, 6.07) is 2.61. The Kier molecular flexibility index (Phi) is 7.56. The van der Waals surface area contributed by atoms with E-state index in [1.54, 1.807) is 11.3 Å². The molecule has 0 bridgehead atoms. The Morgan fingerprint density at radius 1 is 1.23 bits per heavy atom. The van der Waals surface area contributed by atoms with E-state index in [-0.39, 0.29) is 30.7 Å². The Morgan fingerprint density at radius 2 is 1.92 bits per heavy atom. The van der Waals surface area contributed by atoms with Crippen LogP contribution in [0.3, 0.4) is 0 Å². The minimum Gasteiger partial charge on any atom is -0.354 e. The Bertz CT molecular complexity index is 705. The number of amides is 1. The molecule has 3 heterocycles. The normalized spacial score (nSPS) is 17.7. The van der Waals surface area contributed by atoms with E-state index in [9.17, 15) is 4.79 Å². The van der Waals surface area contributed by atoms with Crippen molar-refractivity contribution in [1.29, 1.82) is 0 Å². The zero-order valence-corrected chi connectivity index (χ0v) is 18.3. The number of nitrogens with one attached hydrogen (secondary N) is 1. The molecule has 0 atom stereocenters. The van der Waals surface area contributed by atoms with E-state index in [4.69, 9.17) is 0 Å². The number of thiophene rings is 1. The molecular weight excluding hydrogens is 411 g/mol. The van der Waals surface area contributed by atoms with Gasteiger partial charge in [0.25, 0.3) is 5.91 Å². The molecule has 2 aromatic rings. The number of rotatable bonds is 5. The topological polar surface area (TPSA) is 48.5 Å². The average Bonchev–Trinajstić information content (AvgIpc) is 3.18. The van der Waals surface area contributed by atoms with Gasteiger partial charge >= 0.3 is 0 Å². The van der Waals surface area contributed by atoms with Crippen molar-refractivity contribution in [2.45, 2.75) is 31.7 Å². The van der Waals surface area contributed by atoms with Gasteiger partial charge in [0.15, 0.2) is 5.13 Å². The van der Waals surface area contributed by atoms with Crippen molar-refractivity contribution in [2.75, 3.05) is 38.6 Å². The summed E-state index contributed by atoms with van der Waals surface area (Å²) in [5.74, 6) is 1.10. The summed E-state index contributed by atoms with van der Waals surface area (Å²) in [4.78, 5) is 23.2. The van der Waals surface area contributed by atoms with Gasteiger partial charge in [-0.15, -0.1) is 36.2 Å². The molecule has 5 nitrogen and oxygen atoms in total. The van der Waals surface area contributed by atoms with Gasteiger partial charge in [0.05, 0.1) is 9.58 Å². The number of aromatic nitrogens is 1. The van der Waals surface area contributed by atoms with Crippen LogP contribution in [-0.4, -0.2) is 55.6 Å². The van der Waals surface area contributed by atoms with Crippen LogP contribution in [0, 0.1) is 5.92 Å². The van der Waals surface area contributed by atoms with E-state index in [1.807, 2.05) is 30.0 Å². The second kappa shape index (κ2) is 9.06. The van der Waals surface area contributed by atoms with Crippen LogP contribution in [0.4, 0.5) is 5.13 Å². The zero-order chi connectivity index (χ0) is 16.7. The molecule has 2 aliphatic rings. The first-order valence-corrected chi connectivity index (χ1v) is 10.3. The predicted octanol–water partition coefficient (Wildman–Crippen LogP) is 3.87. The third kappa shape index (κ3) is 4.81. The fraction of sp³-hybridized carbons (Fsp3) is 0.647. The first-order valence-electron chi connectivity index (χ1n) is 8.70. The number of anilines is 1. The molecule has 0 aromatic carbocycles. The van der Waals surface area contributed by atoms with Crippen LogP contribution in [0.25, 0.3) is 9.53 Å². The molecule has 1 aliphatic carbocycles. The number of halogens is 2. The molecule has 0 spiro atoms. The summed E-state index contributed by atoms with van der Waals surface area (Å²) in [6.45, 7) is 2.89. The molecule has 2 aromatic heterocycles. The molecule has 0 unspecified atom stereocenters. The average molecular weight is 437 g/mol. The number of hydrogen-bond acceptors (Lipinski definition) is 6. The lowest BCUT2D eigenvalue weighted by molar-refractivity contribution is 0.0710. The number of piperidine rings is 1. The van der Waals surface area contributed by atoms with Crippen molar-refractivity contribution < 1.29 is 4.79 Å². The summed E-state index contributed by atoms with van der Waals surface area (Å²) in [6.07, 6.45) is 4.93. The van der Waals surface area contributed by atoms with E-state index < -0.39 is 0 Å². The quantitative estimate of drug-likeness (QED) is 0.772. The molecule has 1 aliphatic heterocycles. The first kappa shape index (κ1) is 21.7. The third-order valence-electron chi connectivity index (χ3n) is 4.85. The van der Waals surface area contributed by atoms with Crippen molar-refractivity contribution in [3.63, 3.8) is 0 Å². The molecule has 26 heavy (non-hydrogen) atoms. The number of likely N-dealkylation sites (tertiary alicyclic amines) is 1. The Labute approximate surface area is 175 Å². The van der Waals surface area contributed by atoms with Crippen LogP contribution in [0.2, 0.25) is 0 Å². The number of fused-ring (bicyclic) bond motifs is 1. The smallest absolute Gasteiger partial charge is 0.264 e. The van der Waals surface area contributed by atoms with Crippen LogP contribution >= 0.6 is 47.5 Å². The van der Waals surface area contributed by atoms with Gasteiger partial charge in [-0.05, 0) is 44.2 Å². The van der Waals surface area contributed by atoms with Gasteiger partial charge in [-0.25, -0.2) is 4.98 Å². The highest BCUT2D eigenvalue weighted by atomic mass is 35.5. The van der Waals surface area contributed by atoms with Gasteiger partial charge in [0.2, 0.25) is 0 Å². The molecule has 146 valence electrons. The Hall–Kier alpha value is -0.600. The standard InChI is InChI=1S/C17H24N4OS2.2ClH/c1-20(2)17-19-15-13(24-17)9-14(23-15)16(22)21-7-5-12(6-8-21)18-10-11-3-4-11;;/h9,11-12,18H,3-8,10H2,1-2H3;2*1H. The van der Waals surface area contributed by atoms with Crippen molar-refractivity contribution >= 4 is 68.1 Å².